The van der Waals surface area contributed by atoms with Gasteiger partial charge in [0, 0.05) is 28.9 Å². The molecular formula is C16H10N2O2. The summed E-state index contributed by atoms with van der Waals surface area (Å²) in [5, 5.41) is 10.6. The van der Waals surface area contributed by atoms with Crippen LogP contribution in [-0.2, 0) is 0 Å². The summed E-state index contributed by atoms with van der Waals surface area (Å²) in [6.45, 7) is 0. The van der Waals surface area contributed by atoms with Crippen molar-refractivity contribution in [2.45, 2.75) is 0 Å². The van der Waals surface area contributed by atoms with E-state index in [0.29, 0.717) is 16.8 Å². The van der Waals surface area contributed by atoms with E-state index in [0.717, 1.165) is 0 Å². The number of benzene rings is 2. The predicted molar refractivity (Wildman–Crippen MR) is 77.7 cm³/mol. The molecule has 0 bridgehead atoms. The van der Waals surface area contributed by atoms with Crippen LogP contribution in [-0.4, -0.2) is 4.92 Å². The van der Waals surface area contributed by atoms with Gasteiger partial charge in [0.1, 0.15) is 0 Å². The van der Waals surface area contributed by atoms with E-state index in [4.69, 9.17) is 5.73 Å². The summed E-state index contributed by atoms with van der Waals surface area (Å²) in [7, 11) is 0. The molecule has 0 spiro atoms. The summed E-state index contributed by atoms with van der Waals surface area (Å²) in [5.74, 6) is 10.9. The Kier molecular flexibility index (Phi) is 4.01. The predicted octanol–water partition coefficient (Wildman–Crippen LogP) is 2.58. The third-order valence-electron chi connectivity index (χ3n) is 2.48. The maximum atomic E-state index is 10.6. The number of nitrogens with zero attached hydrogens (tertiary/aromatic N) is 1. The summed E-state index contributed by atoms with van der Waals surface area (Å²) < 4.78 is 0. The first-order valence-electron chi connectivity index (χ1n) is 5.78. The Morgan fingerprint density at radius 1 is 1.00 bits per heavy atom. The van der Waals surface area contributed by atoms with Gasteiger partial charge in [-0.25, -0.2) is 0 Å². The van der Waals surface area contributed by atoms with Crippen LogP contribution in [0.1, 0.15) is 11.1 Å². The number of para-hydroxylation sites is 1. The van der Waals surface area contributed by atoms with Crippen LogP contribution in [0.15, 0.2) is 48.5 Å². The molecule has 20 heavy (non-hydrogen) atoms. The summed E-state index contributed by atoms with van der Waals surface area (Å²) in [6, 6.07) is 13.3. The molecule has 0 aliphatic rings. The Labute approximate surface area is 116 Å². The fourth-order valence-electron chi connectivity index (χ4n) is 1.51. The quantitative estimate of drug-likeness (QED) is 0.371. The van der Waals surface area contributed by atoms with Gasteiger partial charge in [-0.15, -0.1) is 0 Å². The van der Waals surface area contributed by atoms with Crippen LogP contribution in [0.4, 0.5) is 11.4 Å². The lowest BCUT2D eigenvalue weighted by Gasteiger charge is -1.93. The normalized spacial score (nSPS) is 8.80. The van der Waals surface area contributed by atoms with Crippen molar-refractivity contribution < 1.29 is 4.92 Å². The third-order valence-corrected chi connectivity index (χ3v) is 2.48. The topological polar surface area (TPSA) is 69.2 Å². The van der Waals surface area contributed by atoms with Crippen molar-refractivity contribution in [2.24, 2.45) is 0 Å². The number of rotatable bonds is 1. The van der Waals surface area contributed by atoms with Gasteiger partial charge in [0.25, 0.3) is 5.69 Å². The van der Waals surface area contributed by atoms with Crippen molar-refractivity contribution in [1.82, 2.24) is 0 Å². The first kappa shape index (κ1) is 13.2. The molecule has 2 rings (SSSR count). The van der Waals surface area contributed by atoms with Crippen LogP contribution in [0.3, 0.4) is 0 Å². The highest BCUT2D eigenvalue weighted by atomic mass is 16.6. The second-order valence-corrected chi connectivity index (χ2v) is 3.89. The first-order valence-corrected chi connectivity index (χ1v) is 5.78. The molecule has 0 aromatic heterocycles. The van der Waals surface area contributed by atoms with Crippen LogP contribution < -0.4 is 5.73 Å². The molecule has 0 fully saturated rings. The van der Waals surface area contributed by atoms with E-state index in [-0.39, 0.29) is 5.69 Å². The lowest BCUT2D eigenvalue weighted by Crippen LogP contribution is -1.88. The number of nitro benzene ring substituents is 1. The molecule has 4 nitrogen and oxygen atoms in total. The molecule has 0 aliphatic carbocycles. The van der Waals surface area contributed by atoms with Crippen molar-refractivity contribution >= 4 is 11.4 Å². The van der Waals surface area contributed by atoms with Crippen molar-refractivity contribution in [3.63, 3.8) is 0 Å². The molecule has 0 aliphatic heterocycles. The van der Waals surface area contributed by atoms with Gasteiger partial charge in [-0.1, -0.05) is 30.0 Å². The van der Waals surface area contributed by atoms with E-state index in [2.05, 4.69) is 23.7 Å². The van der Waals surface area contributed by atoms with Gasteiger partial charge >= 0.3 is 0 Å². The number of anilines is 1. The number of nitro groups is 1. The Bertz CT molecular complexity index is 774. The molecule has 0 heterocycles. The number of nitrogens with two attached hydrogens (primary N) is 1. The monoisotopic (exact) mass is 262 g/mol. The lowest BCUT2D eigenvalue weighted by atomic mass is 10.2. The molecule has 2 aromatic carbocycles. The van der Waals surface area contributed by atoms with Gasteiger partial charge in [0.15, 0.2) is 0 Å². The molecule has 0 unspecified atom stereocenters. The Morgan fingerprint density at radius 2 is 1.75 bits per heavy atom. The molecule has 2 N–H and O–H groups in total. The van der Waals surface area contributed by atoms with Crippen molar-refractivity contribution in [3.05, 3.63) is 69.8 Å². The van der Waals surface area contributed by atoms with E-state index < -0.39 is 4.92 Å². The SMILES string of the molecule is Nc1ccccc1C#CC#Cc1cccc([N+](=O)[O-])c1. The largest absolute Gasteiger partial charge is 0.398 e. The lowest BCUT2D eigenvalue weighted by molar-refractivity contribution is -0.384. The molecule has 2 aromatic rings. The molecule has 0 amide bonds. The number of hydrogen-bond donors (Lipinski definition) is 1. The molecule has 4 heteroatoms. The van der Waals surface area contributed by atoms with Crippen LogP contribution >= 0.6 is 0 Å². The van der Waals surface area contributed by atoms with Crippen LogP contribution in [0.5, 0.6) is 0 Å². The van der Waals surface area contributed by atoms with Crippen molar-refractivity contribution in [3.8, 4) is 23.7 Å². The third kappa shape index (κ3) is 3.38. The molecular weight excluding hydrogens is 252 g/mol. The average molecular weight is 262 g/mol. The zero-order chi connectivity index (χ0) is 14.4. The standard InChI is InChI=1S/C16H10N2O2/c17-16-11-4-3-9-14(16)8-2-1-6-13-7-5-10-15(12-13)18(19)20/h3-5,7,9-12H,17H2. The molecule has 0 saturated carbocycles. The van der Waals surface area contributed by atoms with Gasteiger partial charge in [0.05, 0.1) is 4.92 Å². The maximum absolute atomic E-state index is 10.6. The Hall–Kier alpha value is -3.24. The van der Waals surface area contributed by atoms with Crippen molar-refractivity contribution in [2.75, 3.05) is 5.73 Å². The van der Waals surface area contributed by atoms with Gasteiger partial charge in [-0.2, -0.15) is 0 Å². The summed E-state index contributed by atoms with van der Waals surface area (Å²) >= 11 is 0. The average Bonchev–Trinajstić information content (AvgIpc) is 2.45. The fourth-order valence-corrected chi connectivity index (χ4v) is 1.51. The smallest absolute Gasteiger partial charge is 0.270 e. The van der Waals surface area contributed by atoms with Crippen LogP contribution in [0.2, 0.25) is 0 Å². The minimum atomic E-state index is -0.457. The van der Waals surface area contributed by atoms with E-state index in [1.165, 1.54) is 12.1 Å². The van der Waals surface area contributed by atoms with E-state index >= 15 is 0 Å². The van der Waals surface area contributed by atoms with E-state index in [1.807, 2.05) is 12.1 Å². The van der Waals surface area contributed by atoms with Gasteiger partial charge < -0.3 is 5.73 Å². The molecule has 0 atom stereocenters. The van der Waals surface area contributed by atoms with Crippen molar-refractivity contribution in [1.29, 1.82) is 0 Å². The minimum absolute atomic E-state index is 0.0112. The van der Waals surface area contributed by atoms with Crippen LogP contribution in [0.25, 0.3) is 0 Å². The maximum Gasteiger partial charge on any atom is 0.270 e. The highest BCUT2D eigenvalue weighted by molar-refractivity contribution is 5.57. The molecule has 96 valence electrons. The Morgan fingerprint density at radius 3 is 2.50 bits per heavy atom. The molecule has 0 radical (unpaired) electrons. The zero-order valence-corrected chi connectivity index (χ0v) is 10.5. The van der Waals surface area contributed by atoms with E-state index in [9.17, 15) is 10.1 Å². The minimum Gasteiger partial charge on any atom is -0.398 e. The fraction of sp³-hybridized carbons (Fsp3) is 0. The van der Waals surface area contributed by atoms with Crippen LogP contribution in [0, 0.1) is 33.8 Å². The Balaban J connectivity index is 2.19. The number of nitrogen functional groups attached to an aromatic ring is 1. The van der Waals surface area contributed by atoms with Gasteiger partial charge in [-0.05, 0) is 30.0 Å². The molecule has 0 saturated heterocycles. The zero-order valence-electron chi connectivity index (χ0n) is 10.5. The summed E-state index contributed by atoms with van der Waals surface area (Å²) in [6.07, 6.45) is 0. The van der Waals surface area contributed by atoms with E-state index in [1.54, 1.807) is 24.3 Å². The number of non-ortho nitro benzene ring substituents is 1. The summed E-state index contributed by atoms with van der Waals surface area (Å²) in [5.41, 5.74) is 7.61. The summed E-state index contributed by atoms with van der Waals surface area (Å²) in [4.78, 5) is 10.2. The first-order chi connectivity index (χ1) is 9.66. The second-order valence-electron chi connectivity index (χ2n) is 3.89. The highest BCUT2D eigenvalue weighted by Gasteiger charge is 2.03. The number of hydrogen-bond acceptors (Lipinski definition) is 3. The van der Waals surface area contributed by atoms with Gasteiger partial charge in [-0.3, -0.25) is 10.1 Å². The highest BCUT2D eigenvalue weighted by Crippen LogP contribution is 2.12. The second kappa shape index (κ2) is 6.08. The van der Waals surface area contributed by atoms with Gasteiger partial charge in [0.2, 0.25) is 0 Å².